The van der Waals surface area contributed by atoms with E-state index in [2.05, 4.69) is 10.5 Å². The fourth-order valence-electron chi connectivity index (χ4n) is 2.07. The quantitative estimate of drug-likeness (QED) is 0.336. The number of ether oxygens (including phenoxy) is 1. The molecule has 1 aromatic carbocycles. The maximum absolute atomic E-state index is 13.8. The van der Waals surface area contributed by atoms with Crippen molar-refractivity contribution < 1.29 is 19.1 Å². The van der Waals surface area contributed by atoms with Crippen molar-refractivity contribution >= 4 is 17.4 Å². The van der Waals surface area contributed by atoms with Crippen molar-refractivity contribution in [2.75, 3.05) is 11.9 Å². The van der Waals surface area contributed by atoms with Crippen molar-refractivity contribution in [2.45, 2.75) is 19.4 Å². The largest absolute Gasteiger partial charge is 0.409 e. The first-order chi connectivity index (χ1) is 9.51. The Labute approximate surface area is 115 Å². The first kappa shape index (κ1) is 14.3. The van der Waals surface area contributed by atoms with Gasteiger partial charge in [-0.2, -0.15) is 0 Å². The van der Waals surface area contributed by atoms with Crippen molar-refractivity contribution in [1.82, 2.24) is 0 Å². The van der Waals surface area contributed by atoms with Gasteiger partial charge >= 0.3 is 0 Å². The lowest BCUT2D eigenvalue weighted by atomic mass is 10.1. The number of nitrogens with one attached hydrogen (secondary N) is 1. The van der Waals surface area contributed by atoms with E-state index in [1.54, 1.807) is 0 Å². The maximum Gasteiger partial charge on any atom is 0.229 e. The molecule has 0 aliphatic carbocycles. The summed E-state index contributed by atoms with van der Waals surface area (Å²) in [6, 6.07) is 3.93. The van der Waals surface area contributed by atoms with Crippen molar-refractivity contribution in [3.05, 3.63) is 29.6 Å². The summed E-state index contributed by atoms with van der Waals surface area (Å²) in [5, 5.41) is 13.8. The van der Waals surface area contributed by atoms with Gasteiger partial charge in [0.05, 0.1) is 24.3 Å². The van der Waals surface area contributed by atoms with Crippen LogP contribution in [0.3, 0.4) is 0 Å². The van der Waals surface area contributed by atoms with E-state index < -0.39 is 5.82 Å². The van der Waals surface area contributed by atoms with Crippen molar-refractivity contribution in [3.63, 3.8) is 0 Å². The Morgan fingerprint density at radius 3 is 2.90 bits per heavy atom. The topological polar surface area (TPSA) is 96.9 Å². The summed E-state index contributed by atoms with van der Waals surface area (Å²) in [7, 11) is 0. The highest BCUT2D eigenvalue weighted by atomic mass is 19.1. The summed E-state index contributed by atoms with van der Waals surface area (Å²) in [5.41, 5.74) is 5.65. The van der Waals surface area contributed by atoms with Crippen LogP contribution in [0.5, 0.6) is 0 Å². The number of halogens is 1. The van der Waals surface area contributed by atoms with E-state index in [1.165, 1.54) is 12.1 Å². The molecule has 0 aromatic heterocycles. The third kappa shape index (κ3) is 3.05. The number of nitrogens with two attached hydrogens (primary N) is 1. The third-order valence-corrected chi connectivity index (χ3v) is 3.20. The van der Waals surface area contributed by atoms with Crippen LogP contribution in [0, 0.1) is 11.7 Å². The first-order valence-electron chi connectivity index (χ1n) is 6.21. The van der Waals surface area contributed by atoms with Gasteiger partial charge in [0, 0.05) is 5.56 Å². The Morgan fingerprint density at radius 1 is 1.60 bits per heavy atom. The number of amidine groups is 1. The monoisotopic (exact) mass is 281 g/mol. The van der Waals surface area contributed by atoms with E-state index >= 15 is 0 Å². The normalized spacial score (nSPS) is 22.8. The average molecular weight is 281 g/mol. The highest BCUT2D eigenvalue weighted by Gasteiger charge is 2.28. The molecule has 108 valence electrons. The summed E-state index contributed by atoms with van der Waals surface area (Å²) >= 11 is 0. The van der Waals surface area contributed by atoms with Gasteiger partial charge in [-0.25, -0.2) is 4.39 Å². The number of hydrogen-bond acceptors (Lipinski definition) is 4. The molecule has 7 heteroatoms. The SMILES string of the molecule is CC1CC(C(=O)Nc2ccc(/C(N)=N/O)cc2F)CO1. The van der Waals surface area contributed by atoms with Gasteiger partial charge in [-0.05, 0) is 31.5 Å². The van der Waals surface area contributed by atoms with Crippen LogP contribution >= 0.6 is 0 Å². The summed E-state index contributed by atoms with van der Waals surface area (Å²) in [4.78, 5) is 11.9. The predicted molar refractivity (Wildman–Crippen MR) is 71.1 cm³/mol. The van der Waals surface area contributed by atoms with E-state index in [1.807, 2.05) is 6.92 Å². The van der Waals surface area contributed by atoms with Crippen LogP contribution in [0.2, 0.25) is 0 Å². The zero-order valence-electron chi connectivity index (χ0n) is 11.0. The second-order valence-corrected chi connectivity index (χ2v) is 4.75. The molecule has 6 nitrogen and oxygen atoms in total. The second kappa shape index (κ2) is 5.87. The fraction of sp³-hybridized carbons (Fsp3) is 0.385. The number of amides is 1. The van der Waals surface area contributed by atoms with E-state index in [0.717, 1.165) is 6.07 Å². The van der Waals surface area contributed by atoms with Crippen molar-refractivity contribution in [2.24, 2.45) is 16.8 Å². The van der Waals surface area contributed by atoms with E-state index in [-0.39, 0.29) is 35.0 Å². The molecule has 1 amide bonds. The lowest BCUT2D eigenvalue weighted by Crippen LogP contribution is -2.23. The molecule has 1 aliphatic heterocycles. The van der Waals surface area contributed by atoms with Gasteiger partial charge in [-0.15, -0.1) is 0 Å². The number of carbonyl (C=O) groups is 1. The number of benzene rings is 1. The molecule has 0 spiro atoms. The smallest absolute Gasteiger partial charge is 0.229 e. The Balaban J connectivity index is 2.08. The molecule has 1 aromatic rings. The minimum Gasteiger partial charge on any atom is -0.409 e. The van der Waals surface area contributed by atoms with Gasteiger partial charge in [0.2, 0.25) is 5.91 Å². The number of oxime groups is 1. The van der Waals surface area contributed by atoms with E-state index in [4.69, 9.17) is 15.7 Å². The number of rotatable bonds is 3. The van der Waals surface area contributed by atoms with Crippen LogP contribution in [0.1, 0.15) is 18.9 Å². The van der Waals surface area contributed by atoms with Gasteiger partial charge in [0.1, 0.15) is 5.82 Å². The summed E-state index contributed by atoms with van der Waals surface area (Å²) < 4.78 is 19.1. The lowest BCUT2D eigenvalue weighted by Gasteiger charge is -2.11. The molecule has 0 radical (unpaired) electrons. The number of hydrogen-bond donors (Lipinski definition) is 3. The minimum absolute atomic E-state index is 0.0403. The van der Waals surface area contributed by atoms with Gasteiger partial charge < -0.3 is 21.0 Å². The van der Waals surface area contributed by atoms with E-state index in [9.17, 15) is 9.18 Å². The van der Waals surface area contributed by atoms with Crippen LogP contribution in [0.25, 0.3) is 0 Å². The van der Waals surface area contributed by atoms with Crippen LogP contribution in [0.15, 0.2) is 23.4 Å². The van der Waals surface area contributed by atoms with Crippen molar-refractivity contribution in [3.8, 4) is 0 Å². The number of nitrogens with zero attached hydrogens (tertiary/aromatic N) is 1. The fourth-order valence-corrected chi connectivity index (χ4v) is 2.07. The van der Waals surface area contributed by atoms with Crippen LogP contribution in [-0.4, -0.2) is 29.7 Å². The number of anilines is 1. The molecule has 1 aliphatic rings. The first-order valence-corrected chi connectivity index (χ1v) is 6.21. The highest BCUT2D eigenvalue weighted by molar-refractivity contribution is 5.98. The zero-order valence-corrected chi connectivity index (χ0v) is 11.0. The molecule has 2 atom stereocenters. The Kier molecular flexibility index (Phi) is 4.19. The van der Waals surface area contributed by atoms with Crippen LogP contribution < -0.4 is 11.1 Å². The summed E-state index contributed by atoms with van der Waals surface area (Å²) in [6.45, 7) is 2.23. The maximum atomic E-state index is 13.8. The Morgan fingerprint density at radius 2 is 2.35 bits per heavy atom. The summed E-state index contributed by atoms with van der Waals surface area (Å²) in [5.74, 6) is -1.38. The molecule has 2 unspecified atom stereocenters. The molecule has 20 heavy (non-hydrogen) atoms. The Bertz CT molecular complexity index is 548. The van der Waals surface area contributed by atoms with Gasteiger partial charge in [0.15, 0.2) is 5.84 Å². The van der Waals surface area contributed by atoms with Gasteiger partial charge in [-0.3, -0.25) is 4.79 Å². The molecule has 1 fully saturated rings. The highest BCUT2D eigenvalue weighted by Crippen LogP contribution is 2.22. The molecule has 4 N–H and O–H groups in total. The summed E-state index contributed by atoms with van der Waals surface area (Å²) in [6.07, 6.45) is 0.661. The van der Waals surface area contributed by atoms with Crippen molar-refractivity contribution in [1.29, 1.82) is 0 Å². The Hall–Kier alpha value is -2.15. The molecular weight excluding hydrogens is 265 g/mol. The lowest BCUT2D eigenvalue weighted by molar-refractivity contribution is -0.119. The third-order valence-electron chi connectivity index (χ3n) is 3.20. The molecule has 1 saturated heterocycles. The molecule has 2 rings (SSSR count). The molecule has 0 bridgehead atoms. The van der Waals surface area contributed by atoms with E-state index in [0.29, 0.717) is 13.0 Å². The van der Waals surface area contributed by atoms with Gasteiger partial charge in [-0.1, -0.05) is 5.16 Å². The number of carbonyl (C=O) groups excluding carboxylic acids is 1. The van der Waals surface area contributed by atoms with Crippen LogP contribution in [-0.2, 0) is 9.53 Å². The minimum atomic E-state index is -0.644. The zero-order chi connectivity index (χ0) is 14.7. The van der Waals surface area contributed by atoms with Crippen LogP contribution in [0.4, 0.5) is 10.1 Å². The second-order valence-electron chi connectivity index (χ2n) is 4.75. The molecular formula is C13H16FN3O3. The standard InChI is InChI=1S/C13H16FN3O3/c1-7-4-9(6-20-7)13(18)16-11-3-2-8(5-10(11)14)12(15)17-19/h2-3,5,7,9,19H,4,6H2,1H3,(H2,15,17)(H,16,18). The van der Waals surface area contributed by atoms with Gasteiger partial charge in [0.25, 0.3) is 0 Å². The predicted octanol–water partition coefficient (Wildman–Crippen LogP) is 1.28. The molecule has 0 saturated carbocycles. The average Bonchev–Trinajstić information content (AvgIpc) is 2.86. The molecule has 1 heterocycles.